The molecule has 1 fully saturated rings. The normalized spacial score (nSPS) is 14.8. The van der Waals surface area contributed by atoms with E-state index in [-0.39, 0.29) is 27.2 Å². The zero-order chi connectivity index (χ0) is 26.8. The highest BCUT2D eigenvalue weighted by Gasteiger charge is 2.34. The molecule has 2 aromatic heterocycles. The van der Waals surface area contributed by atoms with Gasteiger partial charge in [-0.25, -0.2) is 18.4 Å². The second-order valence-corrected chi connectivity index (χ2v) is 11.7. The number of benzene rings is 3. The van der Waals surface area contributed by atoms with Crippen molar-refractivity contribution in [3.63, 3.8) is 0 Å². The van der Waals surface area contributed by atoms with E-state index in [2.05, 4.69) is 5.32 Å². The molecule has 3 aromatic carbocycles. The van der Waals surface area contributed by atoms with Gasteiger partial charge < -0.3 is 9.88 Å². The van der Waals surface area contributed by atoms with Gasteiger partial charge in [-0.05, 0) is 48.7 Å². The first kappa shape index (κ1) is 25.0. The average molecular weight is 537 g/mol. The molecule has 39 heavy (non-hydrogen) atoms. The molecule has 1 amide bonds. The number of rotatable bonds is 6. The smallest absolute Gasteiger partial charge is 0.249 e. The number of sulfone groups is 1. The number of amides is 1. The number of aromatic nitrogens is 3. The molecule has 1 N–H and O–H groups in total. The van der Waals surface area contributed by atoms with E-state index in [0.717, 1.165) is 37.7 Å². The summed E-state index contributed by atoms with van der Waals surface area (Å²) in [6.45, 7) is 0. The van der Waals surface area contributed by atoms with Gasteiger partial charge in [0, 0.05) is 12.1 Å². The van der Waals surface area contributed by atoms with Crippen molar-refractivity contribution >= 4 is 49.8 Å². The molecular weight excluding hydrogens is 508 g/mol. The van der Waals surface area contributed by atoms with Crippen LogP contribution in [-0.4, -0.2) is 28.9 Å². The van der Waals surface area contributed by atoms with Crippen LogP contribution in [0.2, 0.25) is 0 Å². The van der Waals surface area contributed by atoms with Gasteiger partial charge in [0.1, 0.15) is 16.2 Å². The summed E-state index contributed by atoms with van der Waals surface area (Å²) in [7, 11) is -4.06. The third kappa shape index (κ3) is 4.83. The van der Waals surface area contributed by atoms with Crippen molar-refractivity contribution in [2.24, 2.45) is 0 Å². The van der Waals surface area contributed by atoms with Crippen molar-refractivity contribution in [3.8, 4) is 0 Å². The molecule has 196 valence electrons. The van der Waals surface area contributed by atoms with Crippen LogP contribution in [0.25, 0.3) is 28.3 Å². The van der Waals surface area contributed by atoms with E-state index in [0.29, 0.717) is 16.7 Å². The molecule has 1 aliphatic carbocycles. The topological polar surface area (TPSA) is 93.9 Å². The van der Waals surface area contributed by atoms with E-state index in [1.54, 1.807) is 36.4 Å². The fourth-order valence-electron chi connectivity index (χ4n) is 5.32. The van der Waals surface area contributed by atoms with Gasteiger partial charge in [0.15, 0.2) is 5.65 Å². The van der Waals surface area contributed by atoms with Crippen LogP contribution in [0.15, 0.2) is 101 Å². The minimum absolute atomic E-state index is 0.00941. The first-order valence-corrected chi connectivity index (χ1v) is 14.7. The largest absolute Gasteiger partial charge is 0.307 e. The predicted molar refractivity (Wildman–Crippen MR) is 153 cm³/mol. The quantitative estimate of drug-likeness (QED) is 0.248. The Hall–Kier alpha value is -4.30. The predicted octanol–water partition coefficient (Wildman–Crippen LogP) is 6.57. The Labute approximate surface area is 227 Å². The minimum Gasteiger partial charge on any atom is -0.307 e. The molecule has 0 atom stereocenters. The van der Waals surface area contributed by atoms with E-state index in [1.165, 1.54) is 6.08 Å². The monoisotopic (exact) mass is 536 g/mol. The number of fused-ring (bicyclic) bond motifs is 2. The van der Waals surface area contributed by atoms with Crippen molar-refractivity contribution < 1.29 is 13.2 Å². The summed E-state index contributed by atoms with van der Waals surface area (Å²) >= 11 is 0. The van der Waals surface area contributed by atoms with Gasteiger partial charge in [-0.2, -0.15) is 0 Å². The Kier molecular flexibility index (Phi) is 6.70. The molecule has 1 saturated carbocycles. The van der Waals surface area contributed by atoms with Crippen LogP contribution < -0.4 is 5.32 Å². The molecule has 0 spiro atoms. The maximum absolute atomic E-state index is 14.2. The highest BCUT2D eigenvalue weighted by atomic mass is 32.2. The van der Waals surface area contributed by atoms with Crippen LogP contribution in [0.4, 0.5) is 5.82 Å². The lowest BCUT2D eigenvalue weighted by Crippen LogP contribution is -2.20. The Morgan fingerprint density at radius 1 is 0.821 bits per heavy atom. The summed E-state index contributed by atoms with van der Waals surface area (Å²) in [6.07, 6.45) is 8.03. The SMILES string of the molecule is O=C(/C=C/c1ccccc1)Nc1c(S(=O)(=O)c2ccccc2)c2nc3ccccc3nc2n1C1CCCCC1. The molecule has 2 heterocycles. The fraction of sp³-hybridized carbons (Fsp3) is 0.194. The Morgan fingerprint density at radius 2 is 1.44 bits per heavy atom. The third-order valence-electron chi connectivity index (χ3n) is 7.18. The second-order valence-electron chi connectivity index (χ2n) is 9.77. The highest BCUT2D eigenvalue weighted by molar-refractivity contribution is 7.92. The van der Waals surface area contributed by atoms with Gasteiger partial charge in [0.2, 0.25) is 15.7 Å². The lowest BCUT2D eigenvalue weighted by molar-refractivity contribution is -0.111. The fourth-order valence-corrected chi connectivity index (χ4v) is 6.86. The number of hydrogen-bond donors (Lipinski definition) is 1. The Balaban J connectivity index is 1.60. The summed E-state index contributed by atoms with van der Waals surface area (Å²) in [5, 5.41) is 2.94. The van der Waals surface area contributed by atoms with Crippen LogP contribution in [0.3, 0.4) is 0 Å². The number of carbonyl (C=O) groups excluding carboxylic acids is 1. The zero-order valence-electron chi connectivity index (χ0n) is 21.3. The first-order chi connectivity index (χ1) is 19.0. The third-order valence-corrected chi connectivity index (χ3v) is 9.00. The number of carbonyl (C=O) groups is 1. The maximum Gasteiger partial charge on any atom is 0.249 e. The Morgan fingerprint density at radius 3 is 2.13 bits per heavy atom. The standard InChI is InChI=1S/C31H28N4O3S/c36-27(21-20-22-12-4-1-5-13-22)34-31-29(39(37,38)24-16-8-3-9-17-24)28-30(35(31)23-14-6-2-7-15-23)33-26-19-11-10-18-25(26)32-28/h1,3-5,8-13,16-21,23H,2,6-7,14-15H2,(H,34,36)/b21-20+. The summed E-state index contributed by atoms with van der Waals surface area (Å²) < 4.78 is 30.3. The maximum atomic E-state index is 14.2. The van der Waals surface area contributed by atoms with Crippen LogP contribution in [0, 0.1) is 0 Å². The van der Waals surface area contributed by atoms with Crippen molar-refractivity contribution in [3.05, 3.63) is 96.6 Å². The van der Waals surface area contributed by atoms with Gasteiger partial charge in [0.05, 0.1) is 15.9 Å². The zero-order valence-corrected chi connectivity index (χ0v) is 22.1. The van der Waals surface area contributed by atoms with Gasteiger partial charge in [-0.15, -0.1) is 0 Å². The molecule has 7 nitrogen and oxygen atoms in total. The van der Waals surface area contributed by atoms with E-state index in [4.69, 9.17) is 9.97 Å². The lowest BCUT2D eigenvalue weighted by Gasteiger charge is -2.26. The van der Waals surface area contributed by atoms with Crippen molar-refractivity contribution in [1.29, 1.82) is 0 Å². The van der Waals surface area contributed by atoms with Crippen LogP contribution in [0.1, 0.15) is 43.7 Å². The summed E-state index contributed by atoms with van der Waals surface area (Å²) in [6, 6.07) is 25.2. The molecule has 6 rings (SSSR count). The number of nitrogens with one attached hydrogen (secondary N) is 1. The minimum atomic E-state index is -4.06. The van der Waals surface area contributed by atoms with Crippen LogP contribution >= 0.6 is 0 Å². The molecule has 0 unspecified atom stereocenters. The molecule has 0 aliphatic heterocycles. The Bertz CT molecular complexity index is 1790. The number of nitrogens with zero attached hydrogens (tertiary/aromatic N) is 3. The molecule has 8 heteroatoms. The average Bonchev–Trinajstić information content (AvgIpc) is 3.29. The molecule has 0 radical (unpaired) electrons. The number of para-hydroxylation sites is 2. The van der Waals surface area contributed by atoms with Crippen molar-refractivity contribution in [2.45, 2.75) is 47.9 Å². The first-order valence-electron chi connectivity index (χ1n) is 13.2. The number of anilines is 1. The van der Waals surface area contributed by atoms with Crippen LogP contribution in [-0.2, 0) is 14.6 Å². The molecule has 0 bridgehead atoms. The van der Waals surface area contributed by atoms with Gasteiger partial charge in [-0.3, -0.25) is 4.79 Å². The van der Waals surface area contributed by atoms with E-state index in [9.17, 15) is 13.2 Å². The van der Waals surface area contributed by atoms with Crippen molar-refractivity contribution in [1.82, 2.24) is 14.5 Å². The van der Waals surface area contributed by atoms with E-state index in [1.807, 2.05) is 59.2 Å². The molecular formula is C31H28N4O3S. The lowest BCUT2D eigenvalue weighted by atomic mass is 9.95. The highest BCUT2D eigenvalue weighted by Crippen LogP contribution is 2.42. The van der Waals surface area contributed by atoms with Crippen LogP contribution in [0.5, 0.6) is 0 Å². The summed E-state index contributed by atoms with van der Waals surface area (Å²) in [5.41, 5.74) is 2.87. The molecule has 5 aromatic rings. The van der Waals surface area contributed by atoms with E-state index >= 15 is 0 Å². The van der Waals surface area contributed by atoms with Crippen molar-refractivity contribution in [2.75, 3.05) is 5.32 Å². The van der Waals surface area contributed by atoms with Gasteiger partial charge >= 0.3 is 0 Å². The number of hydrogen-bond acceptors (Lipinski definition) is 5. The van der Waals surface area contributed by atoms with Gasteiger partial charge in [0.25, 0.3) is 0 Å². The van der Waals surface area contributed by atoms with E-state index < -0.39 is 15.7 Å². The molecule has 1 aliphatic rings. The summed E-state index contributed by atoms with van der Waals surface area (Å²) in [4.78, 5) is 23.1. The second kappa shape index (κ2) is 10.5. The molecule has 0 saturated heterocycles. The van der Waals surface area contributed by atoms with Gasteiger partial charge in [-0.1, -0.05) is 79.9 Å². The summed E-state index contributed by atoms with van der Waals surface area (Å²) in [5.74, 6) is -0.202.